The average molecular weight is 216 g/mol. The first-order chi connectivity index (χ1) is 7.15. The molecule has 0 aromatic heterocycles. The minimum atomic E-state index is -0.915. The van der Waals surface area contributed by atoms with Gasteiger partial charge in [-0.2, -0.15) is 0 Å². The Morgan fingerprint density at radius 1 is 1.73 bits per heavy atom. The van der Waals surface area contributed by atoms with Gasteiger partial charge in [0.15, 0.2) is 0 Å². The Morgan fingerprint density at radius 3 is 2.93 bits per heavy atom. The summed E-state index contributed by atoms with van der Waals surface area (Å²) in [6.07, 6.45) is 2.07. The van der Waals surface area contributed by atoms with E-state index in [-0.39, 0.29) is 6.04 Å². The molecule has 88 valence electrons. The summed E-state index contributed by atoms with van der Waals surface area (Å²) in [4.78, 5) is 12.1. The molecule has 1 saturated heterocycles. The fraction of sp³-hybridized carbons (Fsp3) is 0.900. The monoisotopic (exact) mass is 216 g/mol. The molecule has 0 spiro atoms. The molecule has 1 amide bonds. The van der Waals surface area contributed by atoms with Crippen molar-refractivity contribution in [3.8, 4) is 0 Å². The molecule has 5 heteroatoms. The molecule has 1 rings (SSSR count). The Balaban J connectivity index is 2.41. The number of nitrogens with two attached hydrogens (primary N) is 1. The highest BCUT2D eigenvalue weighted by Crippen LogP contribution is 2.20. The van der Waals surface area contributed by atoms with Crippen LogP contribution in [0, 0.1) is 5.92 Å². The zero-order chi connectivity index (χ0) is 11.3. The number of hydrogen-bond donors (Lipinski definition) is 2. The highest BCUT2D eigenvalue weighted by Gasteiger charge is 2.23. The van der Waals surface area contributed by atoms with E-state index in [1.54, 1.807) is 7.05 Å². The molecular formula is C10H20N2O3. The number of nitrogens with zero attached hydrogens (tertiary/aromatic N) is 1. The summed E-state index contributed by atoms with van der Waals surface area (Å²) in [7, 11) is 1.57. The van der Waals surface area contributed by atoms with Crippen LogP contribution in [0.4, 0.5) is 4.79 Å². The predicted octanol–water partition coefficient (Wildman–Crippen LogP) is 0.740. The molecule has 1 fully saturated rings. The van der Waals surface area contributed by atoms with Crippen molar-refractivity contribution in [1.29, 1.82) is 0 Å². The topological polar surface area (TPSA) is 75.8 Å². The van der Waals surface area contributed by atoms with E-state index in [4.69, 9.17) is 15.6 Å². The van der Waals surface area contributed by atoms with Crippen LogP contribution in [0.15, 0.2) is 0 Å². The molecule has 3 N–H and O–H groups in total. The van der Waals surface area contributed by atoms with Gasteiger partial charge in [-0.25, -0.2) is 4.79 Å². The third kappa shape index (κ3) is 3.68. The van der Waals surface area contributed by atoms with Crippen molar-refractivity contribution in [2.24, 2.45) is 11.7 Å². The summed E-state index contributed by atoms with van der Waals surface area (Å²) in [6, 6.07) is -0.0887. The Hall–Kier alpha value is -0.810. The number of carboxylic acid groups (broad SMARTS) is 1. The lowest BCUT2D eigenvalue weighted by molar-refractivity contribution is 0.0405. The maximum Gasteiger partial charge on any atom is 0.407 e. The first kappa shape index (κ1) is 12.3. The normalized spacial score (nSPS) is 23.5. The van der Waals surface area contributed by atoms with Crippen molar-refractivity contribution in [1.82, 2.24) is 4.90 Å². The van der Waals surface area contributed by atoms with Crippen LogP contribution in [-0.4, -0.2) is 48.9 Å². The largest absolute Gasteiger partial charge is 0.465 e. The van der Waals surface area contributed by atoms with Gasteiger partial charge in [0.2, 0.25) is 0 Å². The average Bonchev–Trinajstić information content (AvgIpc) is 2.26. The molecule has 1 heterocycles. The summed E-state index contributed by atoms with van der Waals surface area (Å²) < 4.78 is 5.36. The van der Waals surface area contributed by atoms with Gasteiger partial charge in [-0.1, -0.05) is 0 Å². The number of likely N-dealkylation sites (N-methyl/N-ethyl adjacent to an activating group) is 1. The molecule has 1 unspecified atom stereocenters. The van der Waals surface area contributed by atoms with E-state index in [0.717, 1.165) is 32.5 Å². The smallest absolute Gasteiger partial charge is 0.407 e. The molecule has 0 radical (unpaired) electrons. The van der Waals surface area contributed by atoms with Crippen LogP contribution in [0.3, 0.4) is 0 Å². The van der Waals surface area contributed by atoms with E-state index in [2.05, 4.69) is 0 Å². The standard InChI is InChI=1S/C10H20N2O3/c1-12(10(13)14)9(6-11)5-8-3-2-4-15-7-8/h8-9H,2-7,11H2,1H3,(H,13,14)/t8?,9-/m0/s1. The van der Waals surface area contributed by atoms with Gasteiger partial charge in [0.05, 0.1) is 0 Å². The van der Waals surface area contributed by atoms with Crippen LogP contribution in [0.1, 0.15) is 19.3 Å². The van der Waals surface area contributed by atoms with E-state index in [0.29, 0.717) is 12.5 Å². The summed E-state index contributed by atoms with van der Waals surface area (Å²) in [5.74, 6) is 0.453. The van der Waals surface area contributed by atoms with Gasteiger partial charge >= 0.3 is 6.09 Å². The van der Waals surface area contributed by atoms with Gasteiger partial charge in [-0.05, 0) is 25.2 Å². The van der Waals surface area contributed by atoms with Gasteiger partial charge in [-0.15, -0.1) is 0 Å². The summed E-state index contributed by atoms with van der Waals surface area (Å²) in [6.45, 7) is 1.95. The molecule has 0 aromatic rings. The fourth-order valence-corrected chi connectivity index (χ4v) is 1.95. The van der Waals surface area contributed by atoms with Crippen LogP contribution in [0.5, 0.6) is 0 Å². The molecule has 0 aromatic carbocycles. The van der Waals surface area contributed by atoms with Gasteiger partial charge in [0.1, 0.15) is 0 Å². The van der Waals surface area contributed by atoms with Crippen LogP contribution in [0.2, 0.25) is 0 Å². The molecule has 15 heavy (non-hydrogen) atoms. The predicted molar refractivity (Wildman–Crippen MR) is 56.8 cm³/mol. The highest BCUT2D eigenvalue weighted by atomic mass is 16.5. The Morgan fingerprint density at radius 2 is 2.47 bits per heavy atom. The highest BCUT2D eigenvalue weighted by molar-refractivity contribution is 5.64. The van der Waals surface area contributed by atoms with E-state index in [1.807, 2.05) is 0 Å². The van der Waals surface area contributed by atoms with E-state index < -0.39 is 6.09 Å². The Kier molecular flexibility index (Phi) is 4.84. The van der Waals surface area contributed by atoms with E-state index >= 15 is 0 Å². The summed E-state index contributed by atoms with van der Waals surface area (Å²) in [5, 5.41) is 8.85. The van der Waals surface area contributed by atoms with Gasteiger partial charge in [-0.3, -0.25) is 0 Å². The maximum absolute atomic E-state index is 10.8. The van der Waals surface area contributed by atoms with Gasteiger partial charge in [0.25, 0.3) is 0 Å². The number of amides is 1. The minimum Gasteiger partial charge on any atom is -0.465 e. The third-order valence-electron chi connectivity index (χ3n) is 2.98. The first-order valence-corrected chi connectivity index (χ1v) is 5.38. The van der Waals surface area contributed by atoms with Gasteiger partial charge in [0, 0.05) is 32.8 Å². The van der Waals surface area contributed by atoms with Crippen LogP contribution < -0.4 is 5.73 Å². The van der Waals surface area contributed by atoms with Crippen molar-refractivity contribution >= 4 is 6.09 Å². The lowest BCUT2D eigenvalue weighted by atomic mass is 9.94. The molecule has 1 aliphatic heterocycles. The lowest BCUT2D eigenvalue weighted by Crippen LogP contribution is -2.43. The van der Waals surface area contributed by atoms with Crippen LogP contribution in [0.25, 0.3) is 0 Å². The van der Waals surface area contributed by atoms with Crippen LogP contribution in [-0.2, 0) is 4.74 Å². The van der Waals surface area contributed by atoms with E-state index in [9.17, 15) is 4.79 Å². The van der Waals surface area contributed by atoms with Gasteiger partial charge < -0.3 is 20.5 Å². The number of rotatable bonds is 4. The maximum atomic E-state index is 10.8. The fourth-order valence-electron chi connectivity index (χ4n) is 1.95. The zero-order valence-electron chi connectivity index (χ0n) is 9.19. The summed E-state index contributed by atoms with van der Waals surface area (Å²) >= 11 is 0. The quantitative estimate of drug-likeness (QED) is 0.726. The van der Waals surface area contributed by atoms with Crippen molar-refractivity contribution in [3.05, 3.63) is 0 Å². The van der Waals surface area contributed by atoms with Crippen molar-refractivity contribution in [3.63, 3.8) is 0 Å². The second-order valence-electron chi connectivity index (χ2n) is 4.10. The molecule has 0 aliphatic carbocycles. The molecule has 0 saturated carbocycles. The third-order valence-corrected chi connectivity index (χ3v) is 2.98. The molecule has 2 atom stereocenters. The Bertz CT molecular complexity index is 205. The van der Waals surface area contributed by atoms with Crippen molar-refractivity contribution < 1.29 is 14.6 Å². The zero-order valence-corrected chi connectivity index (χ0v) is 9.19. The lowest BCUT2D eigenvalue weighted by Gasteiger charge is -2.30. The number of carbonyl (C=O) groups is 1. The molecule has 5 nitrogen and oxygen atoms in total. The first-order valence-electron chi connectivity index (χ1n) is 5.38. The molecule has 0 bridgehead atoms. The Labute approximate surface area is 90.2 Å². The number of ether oxygens (including phenoxy) is 1. The summed E-state index contributed by atoms with van der Waals surface area (Å²) in [5.41, 5.74) is 5.58. The van der Waals surface area contributed by atoms with Crippen LogP contribution >= 0.6 is 0 Å². The second-order valence-corrected chi connectivity index (χ2v) is 4.10. The number of hydrogen-bond acceptors (Lipinski definition) is 3. The van der Waals surface area contributed by atoms with Crippen molar-refractivity contribution in [2.75, 3.05) is 26.8 Å². The molecule has 1 aliphatic rings. The SMILES string of the molecule is CN(C(=O)O)[C@H](CN)CC1CCCOC1. The second kappa shape index (κ2) is 5.92. The van der Waals surface area contributed by atoms with Crippen molar-refractivity contribution in [2.45, 2.75) is 25.3 Å². The minimum absolute atomic E-state index is 0.0887. The molecular weight excluding hydrogens is 196 g/mol. The van der Waals surface area contributed by atoms with E-state index in [1.165, 1.54) is 4.90 Å².